The number of amides is 2. The first-order valence-electron chi connectivity index (χ1n) is 8.94. The van der Waals surface area contributed by atoms with Gasteiger partial charge >= 0.3 is 0 Å². The summed E-state index contributed by atoms with van der Waals surface area (Å²) in [7, 11) is 0. The van der Waals surface area contributed by atoms with Crippen LogP contribution in [0.5, 0.6) is 0 Å². The molecule has 0 bridgehead atoms. The smallest absolute Gasteiger partial charge is 0.287 e. The molecule has 2 aromatic rings. The van der Waals surface area contributed by atoms with Gasteiger partial charge in [0, 0.05) is 31.0 Å². The van der Waals surface area contributed by atoms with Crippen LogP contribution >= 0.6 is 0 Å². The first-order chi connectivity index (χ1) is 12.3. The molecule has 3 heterocycles. The molecule has 138 valence electrons. The molecular weight excluding hydrogens is 330 g/mol. The van der Waals surface area contributed by atoms with Gasteiger partial charge in [0.15, 0.2) is 5.82 Å². The van der Waals surface area contributed by atoms with Crippen molar-refractivity contribution in [1.82, 2.24) is 25.2 Å². The number of imidazole rings is 1. The van der Waals surface area contributed by atoms with Crippen molar-refractivity contribution in [1.29, 1.82) is 0 Å². The van der Waals surface area contributed by atoms with Gasteiger partial charge in [-0.1, -0.05) is 6.07 Å². The first kappa shape index (κ1) is 18.1. The topological polar surface area (TPSA) is 88.9 Å². The quantitative estimate of drug-likeness (QED) is 0.879. The summed E-state index contributed by atoms with van der Waals surface area (Å²) >= 11 is 0. The Bertz CT molecular complexity index is 805. The number of fused-ring (bicyclic) bond motifs is 1. The summed E-state index contributed by atoms with van der Waals surface area (Å²) in [5.41, 5.74) is 1.78. The fourth-order valence-electron chi connectivity index (χ4n) is 3.06. The number of nitrogens with zero attached hydrogens (tertiary/aromatic N) is 3. The van der Waals surface area contributed by atoms with Crippen LogP contribution in [0.4, 0.5) is 0 Å². The summed E-state index contributed by atoms with van der Waals surface area (Å²) in [5, 5.41) is 5.81. The van der Waals surface area contributed by atoms with Crippen molar-refractivity contribution in [3.05, 3.63) is 47.3 Å². The molecule has 26 heavy (non-hydrogen) atoms. The van der Waals surface area contributed by atoms with Crippen molar-refractivity contribution >= 4 is 11.8 Å². The van der Waals surface area contributed by atoms with Crippen LogP contribution in [0.2, 0.25) is 0 Å². The number of pyridine rings is 1. The Kier molecular flexibility index (Phi) is 5.06. The van der Waals surface area contributed by atoms with E-state index < -0.39 is 0 Å². The molecule has 2 N–H and O–H groups in total. The fourth-order valence-corrected chi connectivity index (χ4v) is 3.06. The van der Waals surface area contributed by atoms with E-state index in [0.29, 0.717) is 24.6 Å². The Morgan fingerprint density at radius 2 is 2.04 bits per heavy atom. The summed E-state index contributed by atoms with van der Waals surface area (Å²) in [5.74, 6) is -0.191. The molecule has 0 radical (unpaired) electrons. The molecule has 1 aliphatic rings. The predicted octanol–water partition coefficient (Wildman–Crippen LogP) is 2.07. The highest BCUT2D eigenvalue weighted by Crippen LogP contribution is 2.21. The molecule has 0 aromatic carbocycles. The normalized spacial score (nSPS) is 13.8. The Balaban J connectivity index is 1.82. The summed E-state index contributed by atoms with van der Waals surface area (Å²) in [6.45, 7) is 6.86. The van der Waals surface area contributed by atoms with Gasteiger partial charge < -0.3 is 15.2 Å². The molecule has 0 saturated heterocycles. The third-order valence-corrected chi connectivity index (χ3v) is 4.20. The molecule has 2 aromatic heterocycles. The van der Waals surface area contributed by atoms with E-state index >= 15 is 0 Å². The Hall–Kier alpha value is -2.70. The number of carbonyl (C=O) groups excluding carboxylic acids is 2. The van der Waals surface area contributed by atoms with Crippen LogP contribution in [-0.2, 0) is 19.5 Å². The largest absolute Gasteiger partial charge is 0.346 e. The number of hydrogen-bond donors (Lipinski definition) is 2. The number of hydrogen-bond acceptors (Lipinski definition) is 4. The van der Waals surface area contributed by atoms with E-state index in [9.17, 15) is 9.59 Å². The fraction of sp³-hybridized carbons (Fsp3) is 0.474. The van der Waals surface area contributed by atoms with Gasteiger partial charge in [0.05, 0.1) is 5.69 Å². The van der Waals surface area contributed by atoms with Gasteiger partial charge in [0.25, 0.3) is 11.8 Å². The second-order valence-corrected chi connectivity index (χ2v) is 7.59. The minimum atomic E-state index is -0.356. The highest BCUT2D eigenvalue weighted by molar-refractivity contribution is 5.97. The first-order valence-corrected chi connectivity index (χ1v) is 8.94. The average Bonchev–Trinajstić information content (AvgIpc) is 2.99. The van der Waals surface area contributed by atoms with Gasteiger partial charge in [0.2, 0.25) is 0 Å². The maximum atomic E-state index is 12.7. The molecule has 7 heteroatoms. The second-order valence-electron chi connectivity index (χ2n) is 7.59. The van der Waals surface area contributed by atoms with Gasteiger partial charge in [-0.15, -0.1) is 0 Å². The van der Waals surface area contributed by atoms with Gasteiger partial charge in [0.1, 0.15) is 5.69 Å². The molecule has 0 saturated carbocycles. The molecule has 0 unspecified atom stereocenters. The molecule has 7 nitrogen and oxygen atoms in total. The maximum absolute atomic E-state index is 12.7. The van der Waals surface area contributed by atoms with Crippen LogP contribution in [0.15, 0.2) is 24.5 Å². The molecule has 1 aliphatic heterocycles. The molecule has 0 spiro atoms. The number of carbonyl (C=O) groups is 2. The summed E-state index contributed by atoms with van der Waals surface area (Å²) in [4.78, 5) is 33.7. The zero-order chi connectivity index (χ0) is 18.7. The molecule has 3 rings (SSSR count). The van der Waals surface area contributed by atoms with Gasteiger partial charge in [-0.2, -0.15) is 0 Å². The summed E-state index contributed by atoms with van der Waals surface area (Å²) in [6, 6.07) is 3.73. The Morgan fingerprint density at radius 3 is 2.73 bits per heavy atom. The lowest BCUT2D eigenvalue weighted by molar-refractivity contribution is 0.0913. The van der Waals surface area contributed by atoms with Crippen molar-refractivity contribution in [3.63, 3.8) is 0 Å². The Morgan fingerprint density at radius 1 is 1.23 bits per heavy atom. The molecule has 0 atom stereocenters. The van der Waals surface area contributed by atoms with Crippen molar-refractivity contribution in [3.8, 4) is 0 Å². The number of rotatable bonds is 4. The van der Waals surface area contributed by atoms with E-state index in [1.54, 1.807) is 12.4 Å². The third kappa shape index (κ3) is 4.09. The summed E-state index contributed by atoms with van der Waals surface area (Å²) in [6.07, 6.45) is 6.14. The minimum Gasteiger partial charge on any atom is -0.346 e. The molecule has 0 aliphatic carbocycles. The van der Waals surface area contributed by atoms with Crippen molar-refractivity contribution in [2.24, 2.45) is 0 Å². The molecule has 0 fully saturated rings. The van der Waals surface area contributed by atoms with Crippen LogP contribution in [-0.4, -0.2) is 31.9 Å². The summed E-state index contributed by atoms with van der Waals surface area (Å²) < 4.78 is 1.89. The molecular formula is C19H25N5O2. The zero-order valence-electron chi connectivity index (χ0n) is 15.5. The average molecular weight is 355 g/mol. The van der Waals surface area contributed by atoms with E-state index in [1.807, 2.05) is 37.5 Å². The van der Waals surface area contributed by atoms with E-state index in [-0.39, 0.29) is 17.4 Å². The van der Waals surface area contributed by atoms with Gasteiger partial charge in [-0.25, -0.2) is 4.98 Å². The van der Waals surface area contributed by atoms with Crippen LogP contribution < -0.4 is 10.6 Å². The number of aromatic nitrogens is 3. The van der Waals surface area contributed by atoms with Crippen molar-refractivity contribution in [2.75, 3.05) is 0 Å². The van der Waals surface area contributed by atoms with Gasteiger partial charge in [-0.05, 0) is 51.7 Å². The lowest BCUT2D eigenvalue weighted by Gasteiger charge is -2.21. The molecule has 2 amide bonds. The van der Waals surface area contributed by atoms with E-state index in [0.717, 1.165) is 30.5 Å². The van der Waals surface area contributed by atoms with E-state index in [2.05, 4.69) is 20.6 Å². The Labute approximate surface area is 153 Å². The van der Waals surface area contributed by atoms with Gasteiger partial charge in [-0.3, -0.25) is 14.6 Å². The van der Waals surface area contributed by atoms with E-state index in [4.69, 9.17) is 0 Å². The van der Waals surface area contributed by atoms with Crippen molar-refractivity contribution in [2.45, 2.75) is 58.7 Å². The zero-order valence-corrected chi connectivity index (χ0v) is 15.5. The SMILES string of the molecule is CC(C)(C)NC(=O)c1nc(C(=O)NCc2cccnc2)n2c1CCCC2. The highest BCUT2D eigenvalue weighted by Gasteiger charge is 2.28. The van der Waals surface area contributed by atoms with Crippen molar-refractivity contribution < 1.29 is 9.59 Å². The second kappa shape index (κ2) is 7.27. The highest BCUT2D eigenvalue weighted by atomic mass is 16.2. The van der Waals surface area contributed by atoms with Crippen LogP contribution in [0.1, 0.15) is 66.0 Å². The standard InChI is InChI=1S/C19H25N5O2/c1-19(2,3)23-17(25)15-14-8-4-5-10-24(14)16(22-15)18(26)21-12-13-7-6-9-20-11-13/h6-7,9,11H,4-5,8,10,12H2,1-3H3,(H,21,26)(H,23,25). The number of nitrogens with one attached hydrogen (secondary N) is 2. The van der Waals surface area contributed by atoms with E-state index in [1.165, 1.54) is 0 Å². The lowest BCUT2D eigenvalue weighted by atomic mass is 10.1. The monoisotopic (exact) mass is 355 g/mol. The van der Waals surface area contributed by atoms with Crippen LogP contribution in [0.3, 0.4) is 0 Å². The minimum absolute atomic E-state index is 0.227. The predicted molar refractivity (Wildman–Crippen MR) is 97.8 cm³/mol. The maximum Gasteiger partial charge on any atom is 0.287 e. The third-order valence-electron chi connectivity index (χ3n) is 4.20. The van der Waals surface area contributed by atoms with Crippen LogP contribution in [0.25, 0.3) is 0 Å². The lowest BCUT2D eigenvalue weighted by Crippen LogP contribution is -2.41. The van der Waals surface area contributed by atoms with Crippen LogP contribution in [0, 0.1) is 0 Å².